The Morgan fingerprint density at radius 2 is 1.71 bits per heavy atom. The largest absolute Gasteiger partial charge is 2.00 e. The quantitative estimate of drug-likeness (QED) is 0.441. The van der Waals surface area contributed by atoms with Gasteiger partial charge in [-0.15, -0.1) is 0 Å². The van der Waals surface area contributed by atoms with E-state index >= 15 is 0 Å². The van der Waals surface area contributed by atoms with Gasteiger partial charge < -0.3 is 30.5 Å². The Labute approximate surface area is 110 Å². The van der Waals surface area contributed by atoms with E-state index in [2.05, 4.69) is 5.73 Å². The first kappa shape index (κ1) is 17.7. The molecular weight excluding hydrogens is 246 g/mol. The molecule has 9 nitrogen and oxygen atoms in total. The van der Waals surface area contributed by atoms with Crippen molar-refractivity contribution in [3.63, 3.8) is 0 Å². The topological polar surface area (TPSA) is 172 Å². The molecule has 0 saturated heterocycles. The SMILES string of the molecule is NCC(=O)[O-].O=C([O-])c1cc(=O)[nH]c(=O)[nH]1.[Mg+2]. The van der Waals surface area contributed by atoms with Gasteiger partial charge in [0.05, 0.1) is 17.6 Å². The molecule has 0 bridgehead atoms. The van der Waals surface area contributed by atoms with Gasteiger partial charge in [0.15, 0.2) is 0 Å². The van der Waals surface area contributed by atoms with E-state index in [0.29, 0.717) is 0 Å². The van der Waals surface area contributed by atoms with E-state index in [-0.39, 0.29) is 29.6 Å². The first-order chi connectivity index (χ1) is 7.36. The van der Waals surface area contributed by atoms with Crippen molar-refractivity contribution in [2.45, 2.75) is 0 Å². The maximum Gasteiger partial charge on any atom is 2.00 e. The second kappa shape index (κ2) is 8.49. The number of hydrogen-bond acceptors (Lipinski definition) is 7. The van der Waals surface area contributed by atoms with E-state index in [1.165, 1.54) is 0 Å². The van der Waals surface area contributed by atoms with E-state index in [0.717, 1.165) is 6.07 Å². The third-order valence-corrected chi connectivity index (χ3v) is 1.15. The third-order valence-electron chi connectivity index (χ3n) is 1.15. The summed E-state index contributed by atoms with van der Waals surface area (Å²) in [5.74, 6) is -2.81. The summed E-state index contributed by atoms with van der Waals surface area (Å²) >= 11 is 0. The zero-order chi connectivity index (χ0) is 12.7. The zero-order valence-corrected chi connectivity index (χ0v) is 9.93. The molecule has 1 aromatic heterocycles. The number of carboxylic acid groups (broad SMARTS) is 2. The van der Waals surface area contributed by atoms with Crippen molar-refractivity contribution >= 4 is 35.0 Å². The molecule has 1 aromatic rings. The van der Waals surface area contributed by atoms with Gasteiger partial charge in [0.2, 0.25) is 0 Å². The first-order valence-corrected chi connectivity index (χ1v) is 3.81. The molecule has 88 valence electrons. The Bertz CT molecular complexity index is 465. The van der Waals surface area contributed by atoms with E-state index in [1.807, 2.05) is 9.97 Å². The molecule has 0 aliphatic heterocycles. The van der Waals surface area contributed by atoms with Gasteiger partial charge in [0.25, 0.3) is 5.56 Å². The fourth-order valence-electron chi connectivity index (χ4n) is 0.579. The summed E-state index contributed by atoms with van der Waals surface area (Å²) in [7, 11) is 0. The van der Waals surface area contributed by atoms with Crippen molar-refractivity contribution in [3.8, 4) is 0 Å². The van der Waals surface area contributed by atoms with Crippen LogP contribution < -0.4 is 27.2 Å². The molecule has 1 heterocycles. The van der Waals surface area contributed by atoms with Gasteiger partial charge in [-0.3, -0.25) is 9.78 Å². The molecule has 0 aromatic carbocycles. The van der Waals surface area contributed by atoms with Gasteiger partial charge in [-0.2, -0.15) is 0 Å². The summed E-state index contributed by atoms with van der Waals surface area (Å²) < 4.78 is 0. The number of rotatable bonds is 2. The van der Waals surface area contributed by atoms with E-state index < -0.39 is 28.9 Å². The Hall–Kier alpha value is -1.65. The van der Waals surface area contributed by atoms with Crippen LogP contribution in [0.15, 0.2) is 15.7 Å². The summed E-state index contributed by atoms with van der Waals surface area (Å²) in [6.07, 6.45) is 0. The van der Waals surface area contributed by atoms with E-state index in [4.69, 9.17) is 9.90 Å². The first-order valence-electron chi connectivity index (χ1n) is 3.81. The van der Waals surface area contributed by atoms with Crippen LogP contribution in [0.25, 0.3) is 0 Å². The third kappa shape index (κ3) is 8.18. The van der Waals surface area contributed by atoms with Crippen molar-refractivity contribution in [1.29, 1.82) is 0 Å². The van der Waals surface area contributed by atoms with Crippen molar-refractivity contribution in [2.75, 3.05) is 6.54 Å². The van der Waals surface area contributed by atoms with E-state index in [9.17, 15) is 19.5 Å². The number of aromatic amines is 2. The molecule has 4 N–H and O–H groups in total. The van der Waals surface area contributed by atoms with Crippen molar-refractivity contribution in [1.82, 2.24) is 9.97 Å². The molecule has 10 heteroatoms. The van der Waals surface area contributed by atoms with Gasteiger partial charge in [0, 0.05) is 12.6 Å². The number of carbonyl (C=O) groups is 2. The van der Waals surface area contributed by atoms with Crippen LogP contribution in [0.5, 0.6) is 0 Å². The van der Waals surface area contributed by atoms with Crippen LogP contribution >= 0.6 is 0 Å². The minimum atomic E-state index is -1.59. The fraction of sp³-hybridized carbons (Fsp3) is 0.143. The summed E-state index contributed by atoms with van der Waals surface area (Å²) in [4.78, 5) is 43.7. The van der Waals surface area contributed by atoms with Crippen LogP contribution in [0.2, 0.25) is 0 Å². The minimum Gasteiger partial charge on any atom is -0.549 e. The van der Waals surface area contributed by atoms with Crippen LogP contribution in [0.3, 0.4) is 0 Å². The number of hydrogen-bond donors (Lipinski definition) is 3. The molecular formula is C7H7MgN3O6. The molecule has 0 fully saturated rings. The Balaban J connectivity index is 0. The number of aliphatic carboxylic acids is 1. The summed E-state index contributed by atoms with van der Waals surface area (Å²) in [5, 5.41) is 19.2. The molecule has 17 heavy (non-hydrogen) atoms. The number of carbonyl (C=O) groups excluding carboxylic acids is 2. The standard InChI is InChI=1S/C5H4N2O4.C2H5NO2.Mg/c8-3-1-2(4(9)10)6-5(11)7-3;3-1-2(4)5;/h1H,(H,9,10)(H2,6,7,8,11);1,3H2,(H,4,5);/q;;+2/p-2. The smallest absolute Gasteiger partial charge is 0.549 e. The van der Waals surface area contributed by atoms with Crippen LogP contribution in [0.4, 0.5) is 0 Å². The number of H-pyrrole nitrogens is 2. The molecule has 0 radical (unpaired) electrons. The summed E-state index contributed by atoms with van der Waals surface area (Å²) in [6.45, 7) is -0.389. The Morgan fingerprint density at radius 1 is 1.24 bits per heavy atom. The molecule has 0 atom stereocenters. The van der Waals surface area contributed by atoms with Crippen molar-refractivity contribution in [3.05, 3.63) is 32.6 Å². The van der Waals surface area contributed by atoms with Gasteiger partial charge in [0.1, 0.15) is 0 Å². The van der Waals surface area contributed by atoms with Crippen LogP contribution in [0, 0.1) is 0 Å². The van der Waals surface area contributed by atoms with Gasteiger partial charge in [-0.1, -0.05) is 0 Å². The molecule has 0 spiro atoms. The maximum atomic E-state index is 10.4. The van der Waals surface area contributed by atoms with Gasteiger partial charge in [-0.25, -0.2) is 4.79 Å². The van der Waals surface area contributed by atoms with Crippen LogP contribution in [-0.2, 0) is 4.79 Å². The van der Waals surface area contributed by atoms with Gasteiger partial charge >= 0.3 is 28.7 Å². The normalized spacial score (nSPS) is 8.29. The van der Waals surface area contributed by atoms with Gasteiger partial charge in [-0.05, 0) is 0 Å². The Kier molecular flexibility index (Phi) is 8.86. The summed E-state index contributed by atoms with van der Waals surface area (Å²) in [5.41, 5.74) is 2.35. The fourth-order valence-corrected chi connectivity index (χ4v) is 0.579. The monoisotopic (exact) mass is 253 g/mol. The molecule has 0 aliphatic carbocycles. The second-order valence-electron chi connectivity index (χ2n) is 2.36. The minimum absolute atomic E-state index is 0. The van der Waals surface area contributed by atoms with Crippen molar-refractivity contribution < 1.29 is 19.8 Å². The van der Waals surface area contributed by atoms with Crippen LogP contribution in [0.1, 0.15) is 10.5 Å². The number of aromatic carboxylic acids is 1. The molecule has 0 aliphatic rings. The Morgan fingerprint density at radius 3 is 2.00 bits per heavy atom. The average Bonchev–Trinajstić information content (AvgIpc) is 2.17. The number of carboxylic acids is 2. The zero-order valence-electron chi connectivity index (χ0n) is 8.52. The van der Waals surface area contributed by atoms with E-state index in [1.54, 1.807) is 0 Å². The summed E-state index contributed by atoms with van der Waals surface area (Å²) in [6, 6.07) is 0.733. The second-order valence-corrected chi connectivity index (χ2v) is 2.36. The number of nitrogens with two attached hydrogens (primary N) is 1. The predicted octanol–water partition coefficient (Wildman–Crippen LogP) is -5.26. The maximum absolute atomic E-state index is 10.4. The molecule has 0 amide bonds. The van der Waals surface area contributed by atoms with Crippen LogP contribution in [-0.4, -0.2) is 51.5 Å². The number of nitrogens with one attached hydrogen (secondary N) is 2. The predicted molar refractivity (Wildman–Crippen MR) is 51.8 cm³/mol. The van der Waals surface area contributed by atoms with Crippen molar-refractivity contribution in [2.24, 2.45) is 5.73 Å². The molecule has 1 rings (SSSR count). The number of aromatic nitrogens is 2. The molecule has 0 saturated carbocycles. The average molecular weight is 253 g/mol. The molecule has 0 unspecified atom stereocenters.